The Hall–Kier alpha value is -3.50. The first-order valence-electron chi connectivity index (χ1n) is 11.9. The van der Waals surface area contributed by atoms with E-state index in [-0.39, 0.29) is 11.9 Å². The van der Waals surface area contributed by atoms with Gasteiger partial charge in [-0.15, -0.1) is 0 Å². The van der Waals surface area contributed by atoms with Crippen LogP contribution in [0.4, 0.5) is 10.5 Å². The molecule has 4 N–H and O–H groups in total. The maximum absolute atomic E-state index is 11.8. The van der Waals surface area contributed by atoms with Crippen molar-refractivity contribution < 1.29 is 24.1 Å². The Kier molecular flexibility index (Phi) is 9.30. The zero-order valence-corrected chi connectivity index (χ0v) is 22.1. The molecule has 0 saturated carbocycles. The van der Waals surface area contributed by atoms with Gasteiger partial charge >= 0.3 is 6.03 Å². The molecule has 1 aliphatic heterocycles. The number of ether oxygens (including phenoxy) is 3. The second-order valence-corrected chi connectivity index (χ2v) is 9.45. The van der Waals surface area contributed by atoms with Gasteiger partial charge in [-0.05, 0) is 61.0 Å². The van der Waals surface area contributed by atoms with Gasteiger partial charge in [0.1, 0.15) is 24.2 Å². The predicted molar refractivity (Wildman–Crippen MR) is 147 cm³/mol. The number of carbonyl (C=O) groups is 1. The molecule has 2 atom stereocenters. The highest BCUT2D eigenvalue weighted by Crippen LogP contribution is 2.38. The van der Waals surface area contributed by atoms with Crippen molar-refractivity contribution in [3.63, 3.8) is 0 Å². The normalized spacial score (nSPS) is 18.9. The highest BCUT2D eigenvalue weighted by Gasteiger charge is 2.40. The lowest BCUT2D eigenvalue weighted by molar-refractivity contribution is -0.164. The minimum absolute atomic E-state index is 0.130. The molecule has 38 heavy (non-hydrogen) atoms. The van der Waals surface area contributed by atoms with Gasteiger partial charge in [-0.2, -0.15) is 5.10 Å². The smallest absolute Gasteiger partial charge is 0.335 e. The van der Waals surface area contributed by atoms with Gasteiger partial charge in [-0.25, -0.2) is 10.2 Å². The Morgan fingerprint density at radius 2 is 1.97 bits per heavy atom. The fraction of sp³-hybridized carbons (Fsp3) is 0.259. The SMILES string of the molecule is C[C@@]1(c2ccc(Cl)cc2Cl)OCC(COc2ccc(NCCNC(=O)N/N=C/c3cccc(O)c3)cc2)O1. The Morgan fingerprint density at radius 3 is 2.74 bits per heavy atom. The monoisotopic (exact) mass is 558 g/mol. The summed E-state index contributed by atoms with van der Waals surface area (Å²) in [6.45, 7) is 3.42. The third-order valence-corrected chi connectivity index (χ3v) is 6.18. The Bertz CT molecular complexity index is 1270. The van der Waals surface area contributed by atoms with Gasteiger partial charge in [0.2, 0.25) is 0 Å². The van der Waals surface area contributed by atoms with E-state index in [1.807, 2.05) is 31.2 Å². The second kappa shape index (κ2) is 12.8. The van der Waals surface area contributed by atoms with Crippen molar-refractivity contribution in [2.75, 3.05) is 31.6 Å². The summed E-state index contributed by atoms with van der Waals surface area (Å²) >= 11 is 12.3. The maximum Gasteiger partial charge on any atom is 0.335 e. The molecule has 1 heterocycles. The number of aromatic hydroxyl groups is 1. The summed E-state index contributed by atoms with van der Waals surface area (Å²) in [6, 6.07) is 18.8. The summed E-state index contributed by atoms with van der Waals surface area (Å²) < 4.78 is 17.9. The van der Waals surface area contributed by atoms with Crippen molar-refractivity contribution in [3.05, 3.63) is 87.9 Å². The molecular weight excluding hydrogens is 531 g/mol. The Morgan fingerprint density at radius 1 is 1.16 bits per heavy atom. The summed E-state index contributed by atoms with van der Waals surface area (Å²) in [5.74, 6) is -0.142. The molecule has 1 aliphatic rings. The van der Waals surface area contributed by atoms with Crippen molar-refractivity contribution in [1.82, 2.24) is 10.7 Å². The zero-order chi connectivity index (χ0) is 27.0. The van der Waals surface area contributed by atoms with Gasteiger partial charge in [0.05, 0.1) is 17.8 Å². The molecule has 11 heteroatoms. The van der Waals surface area contributed by atoms with E-state index in [2.05, 4.69) is 21.2 Å². The number of amides is 2. The average molecular weight is 559 g/mol. The number of urea groups is 1. The van der Waals surface area contributed by atoms with E-state index in [0.29, 0.717) is 47.7 Å². The Balaban J connectivity index is 1.14. The highest BCUT2D eigenvalue weighted by atomic mass is 35.5. The van der Waals surface area contributed by atoms with Crippen molar-refractivity contribution >= 4 is 41.1 Å². The molecule has 1 unspecified atom stereocenters. The van der Waals surface area contributed by atoms with Crippen LogP contribution in [0.5, 0.6) is 11.5 Å². The third-order valence-electron chi connectivity index (χ3n) is 5.64. The van der Waals surface area contributed by atoms with E-state index >= 15 is 0 Å². The van der Waals surface area contributed by atoms with Crippen molar-refractivity contribution in [1.29, 1.82) is 0 Å². The number of phenolic OH excluding ortho intramolecular Hbond substituents is 1. The molecule has 2 amide bonds. The van der Waals surface area contributed by atoms with Crippen LogP contribution in [0.2, 0.25) is 10.0 Å². The molecule has 0 aromatic heterocycles. The maximum atomic E-state index is 11.8. The van der Waals surface area contributed by atoms with Crippen molar-refractivity contribution in [3.8, 4) is 11.5 Å². The van der Waals surface area contributed by atoms with Gasteiger partial charge in [0.25, 0.3) is 0 Å². The van der Waals surface area contributed by atoms with Gasteiger partial charge in [-0.3, -0.25) is 0 Å². The molecule has 3 aromatic carbocycles. The first kappa shape index (κ1) is 27.5. The molecule has 0 bridgehead atoms. The topological polar surface area (TPSA) is 113 Å². The first-order chi connectivity index (χ1) is 18.3. The molecule has 3 aromatic rings. The van der Waals surface area contributed by atoms with Gasteiger partial charge in [-0.1, -0.05) is 41.4 Å². The van der Waals surface area contributed by atoms with Crippen LogP contribution in [-0.2, 0) is 15.3 Å². The number of halogens is 2. The molecule has 1 fully saturated rings. The molecule has 1 saturated heterocycles. The number of hydrogen-bond donors (Lipinski definition) is 4. The zero-order valence-electron chi connectivity index (χ0n) is 20.6. The lowest BCUT2D eigenvalue weighted by Crippen LogP contribution is -2.35. The number of carbonyl (C=O) groups excluding carboxylic acids is 1. The molecule has 200 valence electrons. The van der Waals surface area contributed by atoms with E-state index in [4.69, 9.17) is 37.4 Å². The van der Waals surface area contributed by atoms with E-state index in [0.717, 1.165) is 11.3 Å². The van der Waals surface area contributed by atoms with Crippen molar-refractivity contribution in [2.45, 2.75) is 18.8 Å². The number of benzene rings is 3. The molecule has 0 aliphatic carbocycles. The van der Waals surface area contributed by atoms with Crippen LogP contribution >= 0.6 is 23.2 Å². The van der Waals surface area contributed by atoms with Crippen LogP contribution in [0.15, 0.2) is 71.8 Å². The first-order valence-corrected chi connectivity index (χ1v) is 12.7. The van der Waals surface area contributed by atoms with Crippen LogP contribution in [0.1, 0.15) is 18.1 Å². The second-order valence-electron chi connectivity index (χ2n) is 8.60. The van der Waals surface area contributed by atoms with Crippen LogP contribution in [0.25, 0.3) is 0 Å². The standard InChI is InChI=1S/C27H28Cl2N4O5/c1-27(24-10-5-19(28)14-25(24)29)37-17-23(38-27)16-36-22-8-6-20(7-9-22)30-11-12-31-26(35)33-32-15-18-3-2-4-21(34)13-18/h2-10,13-15,23,30,34H,11-12,16-17H2,1H3,(H2,31,33,35)/b32-15+/t23?,27-/m1/s1. The van der Waals surface area contributed by atoms with E-state index in [1.54, 1.807) is 36.4 Å². The van der Waals surface area contributed by atoms with E-state index in [1.165, 1.54) is 12.3 Å². The fourth-order valence-corrected chi connectivity index (χ4v) is 4.35. The number of rotatable bonds is 10. The summed E-state index contributed by atoms with van der Waals surface area (Å²) in [7, 11) is 0. The van der Waals surface area contributed by atoms with Crippen LogP contribution in [-0.4, -0.2) is 49.8 Å². The number of nitrogens with zero attached hydrogens (tertiary/aromatic N) is 1. The highest BCUT2D eigenvalue weighted by molar-refractivity contribution is 6.35. The number of anilines is 1. The van der Waals surface area contributed by atoms with Crippen LogP contribution in [0, 0.1) is 0 Å². The minimum atomic E-state index is -0.966. The Labute approximate surface area is 230 Å². The number of phenols is 1. The fourth-order valence-electron chi connectivity index (χ4n) is 3.77. The summed E-state index contributed by atoms with van der Waals surface area (Å²) in [5.41, 5.74) is 4.65. The molecule has 9 nitrogen and oxygen atoms in total. The van der Waals surface area contributed by atoms with Gasteiger partial charge in [0.15, 0.2) is 5.79 Å². The number of hydrazone groups is 1. The van der Waals surface area contributed by atoms with Crippen molar-refractivity contribution in [2.24, 2.45) is 5.10 Å². The van der Waals surface area contributed by atoms with Gasteiger partial charge < -0.3 is 30.0 Å². The third kappa shape index (κ3) is 7.75. The van der Waals surface area contributed by atoms with E-state index < -0.39 is 11.8 Å². The largest absolute Gasteiger partial charge is 0.508 e. The molecule has 0 spiro atoms. The van der Waals surface area contributed by atoms with Crippen LogP contribution < -0.4 is 20.8 Å². The molecule has 0 radical (unpaired) electrons. The molecular formula is C27H28Cl2N4O5. The summed E-state index contributed by atoms with van der Waals surface area (Å²) in [6.07, 6.45) is 1.19. The average Bonchev–Trinajstić information content (AvgIpc) is 3.27. The summed E-state index contributed by atoms with van der Waals surface area (Å²) in [4.78, 5) is 11.8. The lowest BCUT2D eigenvalue weighted by Gasteiger charge is -2.25. The van der Waals surface area contributed by atoms with Gasteiger partial charge in [0, 0.05) is 29.4 Å². The number of nitrogens with one attached hydrogen (secondary N) is 3. The molecule has 4 rings (SSSR count). The quantitative estimate of drug-likeness (QED) is 0.156. The predicted octanol–water partition coefficient (Wildman–Crippen LogP) is 5.11. The van der Waals surface area contributed by atoms with E-state index in [9.17, 15) is 9.90 Å². The summed E-state index contributed by atoms with van der Waals surface area (Å²) in [5, 5.41) is 20.2. The number of hydrogen-bond acceptors (Lipinski definition) is 7. The minimum Gasteiger partial charge on any atom is -0.508 e. The lowest BCUT2D eigenvalue weighted by atomic mass is 10.1. The van der Waals surface area contributed by atoms with Crippen LogP contribution in [0.3, 0.4) is 0 Å².